The van der Waals surface area contributed by atoms with Crippen LogP contribution in [0.2, 0.25) is 5.02 Å². The molecule has 1 aromatic carbocycles. The van der Waals surface area contributed by atoms with Gasteiger partial charge in [-0.25, -0.2) is 4.98 Å². The average molecular weight is 338 g/mol. The van der Waals surface area contributed by atoms with Gasteiger partial charge in [-0.2, -0.15) is 0 Å². The Morgan fingerprint density at radius 2 is 1.89 bits per heavy atom. The van der Waals surface area contributed by atoms with Gasteiger partial charge in [0, 0.05) is 17.3 Å². The van der Waals surface area contributed by atoms with Gasteiger partial charge < -0.3 is 5.32 Å². The van der Waals surface area contributed by atoms with Crippen molar-refractivity contribution in [2.45, 2.75) is 24.8 Å². The Bertz CT molecular complexity index is 565. The van der Waals surface area contributed by atoms with Gasteiger partial charge >= 0.3 is 0 Å². The number of aromatic nitrogens is 1. The summed E-state index contributed by atoms with van der Waals surface area (Å²) >= 11 is 9.36. The van der Waals surface area contributed by atoms with Crippen LogP contribution in [-0.4, -0.2) is 11.0 Å². The average Bonchev–Trinajstić information content (AvgIpc) is 2.37. The molecule has 19 heavy (non-hydrogen) atoms. The lowest BCUT2D eigenvalue weighted by molar-refractivity contribution is 0.374. The van der Waals surface area contributed by atoms with Crippen LogP contribution in [0.4, 0.5) is 5.69 Å². The number of nitrogens with zero attached hydrogens (tertiary/aromatic N) is 1. The number of hydrogen-bond acceptors (Lipinski definition) is 2. The van der Waals surface area contributed by atoms with Crippen molar-refractivity contribution >= 4 is 33.2 Å². The van der Waals surface area contributed by atoms with Crippen molar-refractivity contribution in [2.24, 2.45) is 0 Å². The van der Waals surface area contributed by atoms with Crippen LogP contribution in [-0.2, 0) is 0 Å². The molecule has 0 atom stereocenters. The molecule has 1 aliphatic carbocycles. The molecule has 0 amide bonds. The van der Waals surface area contributed by atoms with E-state index in [0.29, 0.717) is 12.0 Å². The Morgan fingerprint density at radius 3 is 2.58 bits per heavy atom. The molecular formula is C15H14BrClN2. The van der Waals surface area contributed by atoms with Crippen molar-refractivity contribution in [1.82, 2.24) is 4.98 Å². The van der Waals surface area contributed by atoms with Gasteiger partial charge in [-0.15, -0.1) is 0 Å². The Balaban J connectivity index is 1.58. The van der Waals surface area contributed by atoms with Crippen LogP contribution < -0.4 is 5.32 Å². The van der Waals surface area contributed by atoms with E-state index in [2.05, 4.69) is 38.4 Å². The zero-order valence-electron chi connectivity index (χ0n) is 10.3. The number of pyridine rings is 1. The standard InChI is InChI=1S/C15H14BrClN2/c16-15-14(2-1-7-18-15)19-13-8-11(9-13)10-3-5-12(17)6-4-10/h1-7,11,13,19H,8-9H2. The maximum atomic E-state index is 5.91. The van der Waals surface area contributed by atoms with E-state index in [9.17, 15) is 0 Å². The van der Waals surface area contributed by atoms with Crippen LogP contribution in [0.3, 0.4) is 0 Å². The number of hydrogen-bond donors (Lipinski definition) is 1. The van der Waals surface area contributed by atoms with E-state index in [4.69, 9.17) is 11.6 Å². The third-order valence-corrected chi connectivity index (χ3v) is 4.48. The van der Waals surface area contributed by atoms with Gasteiger partial charge in [0.05, 0.1) is 5.69 Å². The normalized spacial score (nSPS) is 21.8. The fourth-order valence-electron chi connectivity index (χ4n) is 2.46. The molecule has 3 rings (SSSR count). The van der Waals surface area contributed by atoms with Crippen molar-refractivity contribution in [2.75, 3.05) is 5.32 Å². The molecule has 0 radical (unpaired) electrons. The highest BCUT2D eigenvalue weighted by Crippen LogP contribution is 2.39. The molecule has 0 spiro atoms. The van der Waals surface area contributed by atoms with E-state index in [-0.39, 0.29) is 0 Å². The first-order valence-electron chi connectivity index (χ1n) is 6.35. The van der Waals surface area contributed by atoms with Crippen LogP contribution >= 0.6 is 27.5 Å². The molecule has 0 saturated heterocycles. The molecule has 1 N–H and O–H groups in total. The molecular weight excluding hydrogens is 324 g/mol. The first kappa shape index (κ1) is 12.9. The van der Waals surface area contributed by atoms with Crippen molar-refractivity contribution < 1.29 is 0 Å². The molecule has 1 fully saturated rings. The highest BCUT2D eigenvalue weighted by atomic mass is 79.9. The van der Waals surface area contributed by atoms with Gasteiger partial charge in [-0.1, -0.05) is 23.7 Å². The fourth-order valence-corrected chi connectivity index (χ4v) is 2.95. The first-order valence-corrected chi connectivity index (χ1v) is 7.52. The van der Waals surface area contributed by atoms with Crippen molar-refractivity contribution in [1.29, 1.82) is 0 Å². The summed E-state index contributed by atoms with van der Waals surface area (Å²) in [5, 5.41) is 4.33. The fraction of sp³-hybridized carbons (Fsp3) is 0.267. The lowest BCUT2D eigenvalue weighted by atomic mass is 9.76. The number of benzene rings is 1. The van der Waals surface area contributed by atoms with Gasteiger partial charge in [0.25, 0.3) is 0 Å². The smallest absolute Gasteiger partial charge is 0.129 e. The van der Waals surface area contributed by atoms with E-state index in [1.54, 1.807) is 6.20 Å². The predicted octanol–water partition coefficient (Wildman–Crippen LogP) is 4.86. The van der Waals surface area contributed by atoms with Crippen molar-refractivity contribution in [3.05, 3.63) is 57.8 Å². The second-order valence-corrected chi connectivity index (χ2v) is 6.09. The summed E-state index contributed by atoms with van der Waals surface area (Å²) in [6.45, 7) is 0. The summed E-state index contributed by atoms with van der Waals surface area (Å²) in [5.74, 6) is 0.644. The topological polar surface area (TPSA) is 24.9 Å². The summed E-state index contributed by atoms with van der Waals surface area (Å²) in [4.78, 5) is 4.22. The first-order chi connectivity index (χ1) is 9.22. The SMILES string of the molecule is Clc1ccc(C2CC(Nc3cccnc3Br)C2)cc1. The van der Waals surface area contributed by atoms with Gasteiger partial charge in [0.1, 0.15) is 4.60 Å². The molecule has 0 aliphatic heterocycles. The molecule has 1 saturated carbocycles. The van der Waals surface area contributed by atoms with Gasteiger partial charge in [0.15, 0.2) is 0 Å². The molecule has 1 aromatic heterocycles. The van der Waals surface area contributed by atoms with Crippen LogP contribution in [0.25, 0.3) is 0 Å². The largest absolute Gasteiger partial charge is 0.380 e. The summed E-state index contributed by atoms with van der Waals surface area (Å²) in [6.07, 6.45) is 4.10. The Hall–Kier alpha value is -1.06. The molecule has 0 unspecified atom stereocenters. The minimum atomic E-state index is 0.529. The third-order valence-electron chi connectivity index (χ3n) is 3.60. The molecule has 2 aromatic rings. The van der Waals surface area contributed by atoms with Crippen LogP contribution in [0.1, 0.15) is 24.3 Å². The summed E-state index contributed by atoms with van der Waals surface area (Å²) in [6, 6.07) is 12.7. The van der Waals surface area contributed by atoms with E-state index in [1.807, 2.05) is 24.3 Å². The number of anilines is 1. The van der Waals surface area contributed by atoms with Crippen molar-refractivity contribution in [3.8, 4) is 0 Å². The molecule has 1 aliphatic rings. The number of nitrogens with one attached hydrogen (secondary N) is 1. The lowest BCUT2D eigenvalue weighted by Gasteiger charge is -2.37. The predicted molar refractivity (Wildman–Crippen MR) is 82.8 cm³/mol. The highest BCUT2D eigenvalue weighted by molar-refractivity contribution is 9.10. The Labute approximate surface area is 126 Å². The third kappa shape index (κ3) is 2.93. The number of rotatable bonds is 3. The van der Waals surface area contributed by atoms with Gasteiger partial charge in [-0.05, 0) is 64.5 Å². The van der Waals surface area contributed by atoms with Gasteiger partial charge in [0.2, 0.25) is 0 Å². The monoisotopic (exact) mass is 336 g/mol. The summed E-state index contributed by atoms with van der Waals surface area (Å²) < 4.78 is 0.880. The van der Waals surface area contributed by atoms with E-state index in [0.717, 1.165) is 28.2 Å². The minimum Gasteiger partial charge on any atom is -0.380 e. The van der Waals surface area contributed by atoms with E-state index >= 15 is 0 Å². The Kier molecular flexibility index (Phi) is 3.76. The van der Waals surface area contributed by atoms with Crippen molar-refractivity contribution in [3.63, 3.8) is 0 Å². The molecule has 2 nitrogen and oxygen atoms in total. The van der Waals surface area contributed by atoms with Gasteiger partial charge in [-0.3, -0.25) is 0 Å². The quantitative estimate of drug-likeness (QED) is 0.809. The van der Waals surface area contributed by atoms with Crippen LogP contribution in [0.5, 0.6) is 0 Å². The molecule has 4 heteroatoms. The maximum absolute atomic E-state index is 5.91. The minimum absolute atomic E-state index is 0.529. The maximum Gasteiger partial charge on any atom is 0.129 e. The lowest BCUT2D eigenvalue weighted by Crippen LogP contribution is -2.34. The second-order valence-electron chi connectivity index (χ2n) is 4.90. The van der Waals surface area contributed by atoms with E-state index in [1.165, 1.54) is 5.56 Å². The van der Waals surface area contributed by atoms with Crippen LogP contribution in [0, 0.1) is 0 Å². The molecule has 98 valence electrons. The Morgan fingerprint density at radius 1 is 1.16 bits per heavy atom. The molecule has 1 heterocycles. The van der Waals surface area contributed by atoms with E-state index < -0.39 is 0 Å². The molecule has 0 bridgehead atoms. The zero-order valence-corrected chi connectivity index (χ0v) is 12.7. The summed E-state index contributed by atoms with van der Waals surface area (Å²) in [5.41, 5.74) is 2.45. The highest BCUT2D eigenvalue weighted by Gasteiger charge is 2.30. The zero-order chi connectivity index (χ0) is 13.2. The van der Waals surface area contributed by atoms with Crippen LogP contribution in [0.15, 0.2) is 47.2 Å². The number of halogens is 2. The second kappa shape index (κ2) is 5.51. The summed E-state index contributed by atoms with van der Waals surface area (Å²) in [7, 11) is 0.